The molecule has 2 aromatic carbocycles. The van der Waals surface area contributed by atoms with Crippen LogP contribution < -0.4 is 10.1 Å². The topological polar surface area (TPSA) is 90.1 Å². The van der Waals surface area contributed by atoms with Gasteiger partial charge in [-0.2, -0.15) is 0 Å². The smallest absolute Gasteiger partial charge is 0.322 e. The van der Waals surface area contributed by atoms with Crippen molar-refractivity contribution in [2.75, 3.05) is 5.32 Å². The maximum atomic E-state index is 12.5. The van der Waals surface area contributed by atoms with Crippen molar-refractivity contribution in [2.45, 2.75) is 19.3 Å². The van der Waals surface area contributed by atoms with Gasteiger partial charge in [-0.1, -0.05) is 60.6 Å². The molecule has 0 aliphatic heterocycles. The Kier molecular flexibility index (Phi) is 5.80. The van der Waals surface area contributed by atoms with E-state index >= 15 is 0 Å². The first-order chi connectivity index (χ1) is 14.7. The summed E-state index contributed by atoms with van der Waals surface area (Å²) in [5, 5.41) is 10.7. The average Bonchev–Trinajstić information content (AvgIpc) is 3.24. The molecule has 1 N–H and O–H groups in total. The van der Waals surface area contributed by atoms with Crippen LogP contribution in [0.5, 0.6) is 11.6 Å². The maximum absolute atomic E-state index is 12.5. The van der Waals surface area contributed by atoms with Gasteiger partial charge in [0.25, 0.3) is 5.91 Å². The molecule has 2 heterocycles. The number of amides is 1. The zero-order valence-corrected chi connectivity index (χ0v) is 16.4. The van der Waals surface area contributed by atoms with Crippen LogP contribution in [0.2, 0.25) is 0 Å². The summed E-state index contributed by atoms with van der Waals surface area (Å²) in [6.45, 7) is 2.05. The van der Waals surface area contributed by atoms with E-state index in [1.165, 1.54) is 6.20 Å². The van der Waals surface area contributed by atoms with Crippen molar-refractivity contribution in [2.24, 2.45) is 0 Å². The number of anilines is 1. The van der Waals surface area contributed by atoms with Gasteiger partial charge < -0.3 is 9.15 Å². The first-order valence-electron chi connectivity index (χ1n) is 9.61. The van der Waals surface area contributed by atoms with Gasteiger partial charge in [-0.3, -0.25) is 10.1 Å². The monoisotopic (exact) mass is 400 g/mol. The quantitative estimate of drug-likeness (QED) is 0.467. The third-order valence-corrected chi connectivity index (χ3v) is 4.53. The summed E-state index contributed by atoms with van der Waals surface area (Å²) in [5.74, 6) is 1.11. The number of para-hydroxylation sites is 1. The van der Waals surface area contributed by atoms with Crippen molar-refractivity contribution in [3.05, 3.63) is 96.0 Å². The van der Waals surface area contributed by atoms with Crippen molar-refractivity contribution in [1.29, 1.82) is 0 Å². The lowest BCUT2D eigenvalue weighted by atomic mass is 9.97. The largest absolute Gasteiger partial charge is 0.439 e. The van der Waals surface area contributed by atoms with E-state index in [1.807, 2.05) is 67.6 Å². The SMILES string of the molecule is CCC(c1ccccc1)c1nnc(NC(=O)c2ccc(Oc3ccccc3)nc2)o1. The second kappa shape index (κ2) is 9.00. The second-order valence-electron chi connectivity index (χ2n) is 6.57. The van der Waals surface area contributed by atoms with Gasteiger partial charge in [0.1, 0.15) is 5.75 Å². The number of benzene rings is 2. The van der Waals surface area contributed by atoms with Crippen LogP contribution >= 0.6 is 0 Å². The number of nitrogens with one attached hydrogen (secondary N) is 1. The van der Waals surface area contributed by atoms with E-state index in [2.05, 4.69) is 20.5 Å². The van der Waals surface area contributed by atoms with E-state index in [9.17, 15) is 4.79 Å². The van der Waals surface area contributed by atoms with E-state index < -0.39 is 5.91 Å². The molecule has 0 aliphatic rings. The Morgan fingerprint density at radius 3 is 2.40 bits per heavy atom. The summed E-state index contributed by atoms with van der Waals surface area (Å²) in [4.78, 5) is 16.7. The number of rotatable bonds is 7. The standard InChI is InChI=1S/C23H20N4O3/c1-2-19(16-9-5-3-6-10-16)22-26-27-23(30-22)25-21(28)17-13-14-20(24-15-17)29-18-11-7-4-8-12-18/h3-15,19H,2H2,1H3,(H,25,27,28). The van der Waals surface area contributed by atoms with Crippen molar-refractivity contribution in [3.8, 4) is 11.6 Å². The van der Waals surface area contributed by atoms with Crippen molar-refractivity contribution in [3.63, 3.8) is 0 Å². The van der Waals surface area contributed by atoms with Gasteiger partial charge in [-0.15, -0.1) is 5.10 Å². The molecule has 0 radical (unpaired) electrons. The molecular weight excluding hydrogens is 380 g/mol. The first kappa shape index (κ1) is 19.3. The highest BCUT2D eigenvalue weighted by Gasteiger charge is 2.20. The zero-order valence-electron chi connectivity index (χ0n) is 16.4. The molecule has 1 atom stereocenters. The molecule has 150 valence electrons. The van der Waals surface area contributed by atoms with E-state index in [0.29, 0.717) is 23.1 Å². The molecule has 1 unspecified atom stereocenters. The Labute approximate surface area is 173 Å². The summed E-state index contributed by atoms with van der Waals surface area (Å²) >= 11 is 0. The molecule has 2 aromatic heterocycles. The van der Waals surface area contributed by atoms with Gasteiger partial charge in [-0.25, -0.2) is 4.98 Å². The molecule has 0 aliphatic carbocycles. The highest BCUT2D eigenvalue weighted by Crippen LogP contribution is 2.27. The molecular formula is C23H20N4O3. The fraction of sp³-hybridized carbons (Fsp3) is 0.130. The molecule has 0 saturated heterocycles. The highest BCUT2D eigenvalue weighted by atomic mass is 16.5. The van der Waals surface area contributed by atoms with Gasteiger partial charge in [0.2, 0.25) is 11.8 Å². The number of pyridine rings is 1. The van der Waals surface area contributed by atoms with E-state index in [0.717, 1.165) is 12.0 Å². The van der Waals surface area contributed by atoms with Crippen LogP contribution in [-0.4, -0.2) is 21.1 Å². The highest BCUT2D eigenvalue weighted by molar-refractivity contribution is 6.02. The van der Waals surface area contributed by atoms with Gasteiger partial charge in [-0.05, 0) is 30.2 Å². The zero-order chi connectivity index (χ0) is 20.8. The Morgan fingerprint density at radius 2 is 1.73 bits per heavy atom. The lowest BCUT2D eigenvalue weighted by Crippen LogP contribution is -2.12. The van der Waals surface area contributed by atoms with Crippen LogP contribution in [0.1, 0.15) is 41.1 Å². The van der Waals surface area contributed by atoms with Crippen LogP contribution in [0.15, 0.2) is 83.4 Å². The number of nitrogens with zero attached hydrogens (tertiary/aromatic N) is 3. The molecule has 0 saturated carbocycles. The second-order valence-corrected chi connectivity index (χ2v) is 6.57. The molecule has 1 amide bonds. The minimum Gasteiger partial charge on any atom is -0.439 e. The summed E-state index contributed by atoms with van der Waals surface area (Å²) in [7, 11) is 0. The van der Waals surface area contributed by atoms with Crippen molar-refractivity contribution in [1.82, 2.24) is 15.2 Å². The number of ether oxygens (including phenoxy) is 1. The maximum Gasteiger partial charge on any atom is 0.322 e. The summed E-state index contributed by atoms with van der Waals surface area (Å²) < 4.78 is 11.3. The molecule has 0 spiro atoms. The molecule has 0 bridgehead atoms. The molecule has 7 nitrogen and oxygen atoms in total. The molecule has 4 rings (SSSR count). The predicted octanol–water partition coefficient (Wildman–Crippen LogP) is 5.05. The fourth-order valence-electron chi connectivity index (χ4n) is 3.02. The van der Waals surface area contributed by atoms with Gasteiger partial charge >= 0.3 is 6.01 Å². The summed E-state index contributed by atoms with van der Waals surface area (Å²) in [5.41, 5.74) is 1.44. The summed E-state index contributed by atoms with van der Waals surface area (Å²) in [6.07, 6.45) is 2.23. The third-order valence-electron chi connectivity index (χ3n) is 4.53. The van der Waals surface area contributed by atoms with Crippen LogP contribution in [0.4, 0.5) is 6.01 Å². The Morgan fingerprint density at radius 1 is 1.00 bits per heavy atom. The van der Waals surface area contributed by atoms with Crippen molar-refractivity contribution < 1.29 is 13.9 Å². The van der Waals surface area contributed by atoms with E-state index in [1.54, 1.807) is 12.1 Å². The van der Waals surface area contributed by atoms with Crippen LogP contribution in [0.25, 0.3) is 0 Å². The average molecular weight is 400 g/mol. The third kappa shape index (κ3) is 4.52. The lowest BCUT2D eigenvalue weighted by molar-refractivity contribution is 0.102. The number of hydrogen-bond acceptors (Lipinski definition) is 6. The minimum atomic E-state index is -0.392. The Hall–Kier alpha value is -4.00. The Bertz CT molecular complexity index is 1100. The van der Waals surface area contributed by atoms with Gasteiger partial charge in [0.05, 0.1) is 11.5 Å². The molecule has 7 heteroatoms. The number of hydrogen-bond donors (Lipinski definition) is 1. The van der Waals surface area contributed by atoms with Gasteiger partial charge in [0, 0.05) is 12.3 Å². The van der Waals surface area contributed by atoms with Crippen LogP contribution in [-0.2, 0) is 0 Å². The number of aromatic nitrogens is 3. The van der Waals surface area contributed by atoms with E-state index in [4.69, 9.17) is 9.15 Å². The molecule has 0 fully saturated rings. The van der Waals surface area contributed by atoms with Crippen LogP contribution in [0, 0.1) is 0 Å². The van der Waals surface area contributed by atoms with Gasteiger partial charge in [0.15, 0.2) is 0 Å². The summed E-state index contributed by atoms with van der Waals surface area (Å²) in [6, 6.07) is 22.5. The minimum absolute atomic E-state index is 0.0274. The number of carbonyl (C=O) groups is 1. The molecule has 4 aromatic rings. The normalized spacial score (nSPS) is 11.6. The van der Waals surface area contributed by atoms with Crippen molar-refractivity contribution >= 4 is 11.9 Å². The van der Waals surface area contributed by atoms with Crippen LogP contribution in [0.3, 0.4) is 0 Å². The first-order valence-corrected chi connectivity index (χ1v) is 9.61. The fourth-order valence-corrected chi connectivity index (χ4v) is 3.02. The molecule has 30 heavy (non-hydrogen) atoms. The lowest BCUT2D eigenvalue weighted by Gasteiger charge is -2.10. The number of carbonyl (C=O) groups excluding carboxylic acids is 1. The predicted molar refractivity (Wildman–Crippen MR) is 112 cm³/mol. The van der Waals surface area contributed by atoms with E-state index in [-0.39, 0.29) is 11.9 Å². The Balaban J connectivity index is 1.42.